The van der Waals surface area contributed by atoms with Crippen molar-refractivity contribution >= 4 is 51.5 Å². The van der Waals surface area contributed by atoms with Crippen LogP contribution in [-0.4, -0.2) is 32.7 Å². The van der Waals surface area contributed by atoms with Crippen molar-refractivity contribution < 1.29 is 4.74 Å². The van der Waals surface area contributed by atoms with Crippen LogP contribution in [0.4, 0.5) is 0 Å². The summed E-state index contributed by atoms with van der Waals surface area (Å²) in [5.41, 5.74) is 1.19. The maximum absolute atomic E-state index is 13.0. The lowest BCUT2D eigenvalue weighted by Crippen LogP contribution is -2.25. The Balaban J connectivity index is 1.72. The highest BCUT2D eigenvalue weighted by Crippen LogP contribution is 2.23. The van der Waals surface area contributed by atoms with Gasteiger partial charge >= 0.3 is 0 Å². The molecule has 7 nitrogen and oxygen atoms in total. The summed E-state index contributed by atoms with van der Waals surface area (Å²) in [5, 5.41) is 1.95. The van der Waals surface area contributed by atoms with E-state index in [-0.39, 0.29) is 11.1 Å². The van der Waals surface area contributed by atoms with Gasteiger partial charge in [0.05, 0.1) is 34.8 Å². The van der Waals surface area contributed by atoms with Crippen molar-refractivity contribution in [3.63, 3.8) is 0 Å². The van der Waals surface area contributed by atoms with Gasteiger partial charge in [0.25, 0.3) is 11.1 Å². The summed E-state index contributed by atoms with van der Waals surface area (Å²) in [5.74, 6) is 0.361. The number of hydrogen-bond acceptors (Lipinski definition) is 6. The van der Waals surface area contributed by atoms with E-state index in [1.165, 1.54) is 28.4 Å². The molecule has 4 rings (SSSR count). The van der Waals surface area contributed by atoms with E-state index in [9.17, 15) is 9.59 Å². The van der Waals surface area contributed by atoms with Gasteiger partial charge in [0, 0.05) is 30.1 Å². The van der Waals surface area contributed by atoms with Crippen LogP contribution in [0.3, 0.4) is 0 Å². The number of pyridine rings is 1. The Hall–Kier alpha value is -2.39. The van der Waals surface area contributed by atoms with E-state index in [1.807, 2.05) is 0 Å². The maximum atomic E-state index is 13.0. The molecule has 0 bridgehead atoms. The Labute approximate surface area is 185 Å². The molecule has 0 unspecified atom stereocenters. The molecule has 1 aromatic carbocycles. The first-order valence-electron chi connectivity index (χ1n) is 8.96. The molecule has 0 saturated carbocycles. The molecule has 0 N–H and O–H groups in total. The SMILES string of the molecule is COCCn1c(SCc2cc(=O)n3cc(Cl)ccc3n2)nc2cc(Cl)ccc2c1=O. The minimum absolute atomic E-state index is 0.169. The van der Waals surface area contributed by atoms with E-state index in [0.717, 1.165) is 0 Å². The Morgan fingerprint density at radius 1 is 1.07 bits per heavy atom. The molecule has 0 fully saturated rings. The van der Waals surface area contributed by atoms with Gasteiger partial charge in [-0.05, 0) is 30.3 Å². The van der Waals surface area contributed by atoms with Gasteiger partial charge in [-0.15, -0.1) is 0 Å². The van der Waals surface area contributed by atoms with Crippen LogP contribution in [0.15, 0.2) is 57.3 Å². The highest BCUT2D eigenvalue weighted by molar-refractivity contribution is 7.98. The third-order valence-electron chi connectivity index (χ3n) is 4.43. The molecule has 154 valence electrons. The molecule has 0 radical (unpaired) electrons. The Morgan fingerprint density at radius 3 is 2.67 bits per heavy atom. The van der Waals surface area contributed by atoms with E-state index in [2.05, 4.69) is 9.97 Å². The molecule has 4 aromatic rings. The second-order valence-electron chi connectivity index (χ2n) is 6.46. The number of aromatic nitrogens is 4. The number of ether oxygens (including phenoxy) is 1. The summed E-state index contributed by atoms with van der Waals surface area (Å²) in [7, 11) is 1.57. The van der Waals surface area contributed by atoms with Gasteiger partial charge in [-0.3, -0.25) is 18.6 Å². The van der Waals surface area contributed by atoms with Crippen LogP contribution < -0.4 is 11.1 Å². The zero-order chi connectivity index (χ0) is 21.3. The quantitative estimate of drug-likeness (QED) is 0.321. The molecule has 3 aromatic heterocycles. The minimum atomic E-state index is -0.229. The van der Waals surface area contributed by atoms with Crippen LogP contribution in [0.25, 0.3) is 16.6 Å². The smallest absolute Gasteiger partial charge is 0.262 e. The largest absolute Gasteiger partial charge is 0.383 e. The van der Waals surface area contributed by atoms with Crippen molar-refractivity contribution in [3.05, 3.63) is 79.0 Å². The Bertz CT molecular complexity index is 1370. The van der Waals surface area contributed by atoms with Crippen LogP contribution >= 0.6 is 35.0 Å². The fourth-order valence-electron chi connectivity index (χ4n) is 3.00. The lowest BCUT2D eigenvalue weighted by molar-refractivity contribution is 0.183. The molecule has 0 aliphatic heterocycles. The van der Waals surface area contributed by atoms with Crippen LogP contribution in [0.1, 0.15) is 5.69 Å². The second-order valence-corrected chi connectivity index (χ2v) is 8.27. The molecule has 0 spiro atoms. The first kappa shape index (κ1) is 20.9. The summed E-state index contributed by atoms with van der Waals surface area (Å²) in [6.45, 7) is 0.722. The third kappa shape index (κ3) is 4.22. The highest BCUT2D eigenvalue weighted by Gasteiger charge is 2.13. The highest BCUT2D eigenvalue weighted by atomic mass is 35.5. The van der Waals surface area contributed by atoms with Crippen molar-refractivity contribution in [1.82, 2.24) is 18.9 Å². The molecule has 10 heteroatoms. The number of thioether (sulfide) groups is 1. The number of nitrogens with zero attached hydrogens (tertiary/aromatic N) is 4. The van der Waals surface area contributed by atoms with E-state index < -0.39 is 0 Å². The molecule has 0 atom stereocenters. The zero-order valence-electron chi connectivity index (χ0n) is 15.8. The van der Waals surface area contributed by atoms with Crippen molar-refractivity contribution in [2.45, 2.75) is 17.5 Å². The minimum Gasteiger partial charge on any atom is -0.383 e. The average molecular weight is 463 g/mol. The van der Waals surface area contributed by atoms with Gasteiger partial charge in [-0.2, -0.15) is 0 Å². The molecule has 0 saturated heterocycles. The lowest BCUT2D eigenvalue weighted by atomic mass is 10.2. The number of benzene rings is 1. The van der Waals surface area contributed by atoms with Gasteiger partial charge in [0.15, 0.2) is 5.16 Å². The average Bonchev–Trinajstić information content (AvgIpc) is 2.72. The van der Waals surface area contributed by atoms with Crippen molar-refractivity contribution in [2.75, 3.05) is 13.7 Å². The van der Waals surface area contributed by atoms with Gasteiger partial charge in [0.1, 0.15) is 5.65 Å². The first-order chi connectivity index (χ1) is 14.5. The Morgan fingerprint density at radius 2 is 1.87 bits per heavy atom. The topological polar surface area (TPSA) is 78.5 Å². The molecule has 0 aliphatic rings. The fraction of sp³-hybridized carbons (Fsp3) is 0.200. The predicted octanol–water partition coefficient (Wildman–Crippen LogP) is 3.65. The number of fused-ring (bicyclic) bond motifs is 2. The molecule has 3 heterocycles. The molecular weight excluding hydrogens is 447 g/mol. The number of rotatable bonds is 6. The van der Waals surface area contributed by atoms with E-state index >= 15 is 0 Å². The number of methoxy groups -OCH3 is 1. The summed E-state index contributed by atoms with van der Waals surface area (Å²) in [6, 6.07) is 9.81. The summed E-state index contributed by atoms with van der Waals surface area (Å²) < 4.78 is 8.10. The molecular formula is C20H16Cl2N4O3S. The molecule has 0 aliphatic carbocycles. The van der Waals surface area contributed by atoms with E-state index in [0.29, 0.717) is 56.4 Å². The van der Waals surface area contributed by atoms with Gasteiger partial charge < -0.3 is 4.74 Å². The second kappa shape index (κ2) is 8.77. The third-order valence-corrected chi connectivity index (χ3v) is 5.90. The number of hydrogen-bond donors (Lipinski definition) is 0. The monoisotopic (exact) mass is 462 g/mol. The fourth-order valence-corrected chi connectivity index (χ4v) is 4.25. The van der Waals surface area contributed by atoms with Crippen LogP contribution in [0.5, 0.6) is 0 Å². The maximum Gasteiger partial charge on any atom is 0.262 e. The standard InChI is InChI=1S/C20H16Cl2N4O3S/c1-29-7-6-25-19(28)15-4-2-12(21)8-16(15)24-20(25)30-11-14-9-18(27)26-10-13(22)3-5-17(26)23-14/h2-5,8-10H,6-7,11H2,1H3. The molecule has 30 heavy (non-hydrogen) atoms. The van der Waals surface area contributed by atoms with Gasteiger partial charge in [-0.1, -0.05) is 35.0 Å². The van der Waals surface area contributed by atoms with Crippen LogP contribution in [0.2, 0.25) is 10.0 Å². The summed E-state index contributed by atoms with van der Waals surface area (Å²) in [6.07, 6.45) is 1.53. The normalized spacial score (nSPS) is 11.4. The van der Waals surface area contributed by atoms with Crippen molar-refractivity contribution in [1.29, 1.82) is 0 Å². The van der Waals surface area contributed by atoms with Crippen molar-refractivity contribution in [2.24, 2.45) is 0 Å². The number of halogens is 2. The zero-order valence-corrected chi connectivity index (χ0v) is 18.2. The lowest BCUT2D eigenvalue weighted by Gasteiger charge is -2.13. The summed E-state index contributed by atoms with van der Waals surface area (Å²) >= 11 is 13.3. The Kier molecular flexibility index (Phi) is 6.10. The van der Waals surface area contributed by atoms with Gasteiger partial charge in [-0.25, -0.2) is 9.97 Å². The van der Waals surface area contributed by atoms with Gasteiger partial charge in [0.2, 0.25) is 0 Å². The predicted molar refractivity (Wildman–Crippen MR) is 119 cm³/mol. The van der Waals surface area contributed by atoms with Crippen molar-refractivity contribution in [3.8, 4) is 0 Å². The molecule has 0 amide bonds. The first-order valence-corrected chi connectivity index (χ1v) is 10.7. The van der Waals surface area contributed by atoms with E-state index in [1.54, 1.807) is 42.0 Å². The van der Waals surface area contributed by atoms with Crippen LogP contribution in [0, 0.1) is 0 Å². The van der Waals surface area contributed by atoms with E-state index in [4.69, 9.17) is 27.9 Å². The summed E-state index contributed by atoms with van der Waals surface area (Å²) in [4.78, 5) is 34.5. The van der Waals surface area contributed by atoms with Crippen LogP contribution in [-0.2, 0) is 17.0 Å².